The highest BCUT2D eigenvalue weighted by Crippen LogP contribution is 2.18. The lowest BCUT2D eigenvalue weighted by atomic mass is 10.1. The molecule has 0 aliphatic heterocycles. The van der Waals surface area contributed by atoms with Gasteiger partial charge in [-0.15, -0.1) is 0 Å². The number of aromatic hydroxyl groups is 1. The van der Waals surface area contributed by atoms with Gasteiger partial charge in [0.1, 0.15) is 11.6 Å². The summed E-state index contributed by atoms with van der Waals surface area (Å²) in [5, 5.41) is 16.9. The van der Waals surface area contributed by atoms with Gasteiger partial charge < -0.3 is 10.4 Å². The van der Waals surface area contributed by atoms with Crippen LogP contribution in [0.15, 0.2) is 23.3 Å². The molecule has 0 saturated heterocycles. The van der Waals surface area contributed by atoms with Crippen LogP contribution in [-0.2, 0) is 0 Å². The summed E-state index contributed by atoms with van der Waals surface area (Å²) in [5.41, 5.74) is 3.41. The molecule has 0 fully saturated rings. The topological polar surface area (TPSA) is 56.7 Å². The Morgan fingerprint density at radius 2 is 2.11 bits per heavy atom. The fourth-order valence-electron chi connectivity index (χ4n) is 1.29. The van der Waals surface area contributed by atoms with E-state index in [0.717, 1.165) is 0 Å². The summed E-state index contributed by atoms with van der Waals surface area (Å²) in [6, 6.07) is 3.89. The average Bonchev–Trinajstić information content (AvgIpc) is 2.28. The Morgan fingerprint density at radius 1 is 1.44 bits per heavy atom. The monoisotopic (exact) mass is 269 g/mol. The highest BCUT2D eigenvalue weighted by Gasteiger charge is 2.06. The van der Waals surface area contributed by atoms with Gasteiger partial charge in [-0.1, -0.05) is 0 Å². The summed E-state index contributed by atoms with van der Waals surface area (Å²) >= 11 is 4.99. The standard InChI is InChI=1S/C12H16FN3OS/c1-7(2)14-12(18)16-15-8(3)10-6-9(13)4-5-11(10)17/h4-7,17H,1-3H3,(H2,14,16,18)/b15-8+. The van der Waals surface area contributed by atoms with Crippen molar-refractivity contribution in [2.75, 3.05) is 0 Å². The smallest absolute Gasteiger partial charge is 0.187 e. The number of thiocarbonyl (C=S) groups is 1. The third kappa shape index (κ3) is 4.29. The molecule has 0 spiro atoms. The lowest BCUT2D eigenvalue weighted by molar-refractivity contribution is 0.471. The second-order valence-corrected chi connectivity index (χ2v) is 4.51. The molecule has 0 heterocycles. The van der Waals surface area contributed by atoms with Gasteiger partial charge in [-0.2, -0.15) is 5.10 Å². The van der Waals surface area contributed by atoms with Crippen molar-refractivity contribution in [3.8, 4) is 5.75 Å². The number of hydrazone groups is 1. The van der Waals surface area contributed by atoms with Crippen LogP contribution in [0, 0.1) is 5.82 Å². The van der Waals surface area contributed by atoms with E-state index in [1.807, 2.05) is 13.8 Å². The molecule has 0 aliphatic rings. The summed E-state index contributed by atoms with van der Waals surface area (Å²) < 4.78 is 13.1. The molecule has 98 valence electrons. The van der Waals surface area contributed by atoms with Gasteiger partial charge in [-0.25, -0.2) is 4.39 Å². The van der Waals surface area contributed by atoms with E-state index in [4.69, 9.17) is 12.2 Å². The Bertz CT molecular complexity index is 474. The van der Waals surface area contributed by atoms with E-state index in [0.29, 0.717) is 16.4 Å². The molecule has 3 N–H and O–H groups in total. The molecule has 6 heteroatoms. The number of hydrogen-bond acceptors (Lipinski definition) is 3. The van der Waals surface area contributed by atoms with Gasteiger partial charge in [0, 0.05) is 11.6 Å². The Labute approximate surface area is 111 Å². The fourth-order valence-corrected chi connectivity index (χ4v) is 1.57. The Hall–Kier alpha value is -1.69. The summed E-state index contributed by atoms with van der Waals surface area (Å²) in [5.74, 6) is -0.456. The third-order valence-electron chi connectivity index (χ3n) is 2.09. The predicted molar refractivity (Wildman–Crippen MR) is 74.3 cm³/mol. The van der Waals surface area contributed by atoms with Crippen molar-refractivity contribution in [1.82, 2.24) is 10.7 Å². The zero-order valence-corrected chi connectivity index (χ0v) is 11.3. The van der Waals surface area contributed by atoms with Gasteiger partial charge in [-0.3, -0.25) is 5.43 Å². The third-order valence-corrected chi connectivity index (χ3v) is 2.30. The van der Waals surface area contributed by atoms with Crippen LogP contribution < -0.4 is 10.7 Å². The molecule has 1 aromatic carbocycles. The van der Waals surface area contributed by atoms with Crippen LogP contribution in [-0.4, -0.2) is 22.0 Å². The number of nitrogens with one attached hydrogen (secondary N) is 2. The van der Waals surface area contributed by atoms with Crippen LogP contribution in [0.1, 0.15) is 26.3 Å². The summed E-state index contributed by atoms with van der Waals surface area (Å²) in [7, 11) is 0. The first kappa shape index (κ1) is 14.4. The maximum atomic E-state index is 13.1. The molecule has 4 nitrogen and oxygen atoms in total. The van der Waals surface area contributed by atoms with Crippen molar-refractivity contribution in [2.45, 2.75) is 26.8 Å². The highest BCUT2D eigenvalue weighted by molar-refractivity contribution is 7.80. The number of phenolic OH excluding ortho intramolecular Hbond substituents is 1. The summed E-state index contributed by atoms with van der Waals surface area (Å²) in [4.78, 5) is 0. The average molecular weight is 269 g/mol. The molecular weight excluding hydrogens is 253 g/mol. The quantitative estimate of drug-likeness (QED) is 0.447. The minimum atomic E-state index is -0.430. The van der Waals surface area contributed by atoms with Crippen LogP contribution in [0.2, 0.25) is 0 Å². The lowest BCUT2D eigenvalue weighted by Gasteiger charge is -2.11. The molecule has 0 aromatic heterocycles. The Kier molecular flexibility index (Phi) is 5.03. The van der Waals surface area contributed by atoms with Crippen molar-refractivity contribution in [1.29, 1.82) is 0 Å². The molecule has 1 rings (SSSR count). The SMILES string of the molecule is C/C(=N\NC(=S)NC(C)C)c1cc(F)ccc1O. The molecule has 0 atom stereocenters. The number of phenols is 1. The Balaban J connectivity index is 2.77. The zero-order chi connectivity index (χ0) is 13.7. The minimum Gasteiger partial charge on any atom is -0.507 e. The van der Waals surface area contributed by atoms with Gasteiger partial charge in [0.15, 0.2) is 5.11 Å². The molecule has 0 saturated carbocycles. The van der Waals surface area contributed by atoms with E-state index < -0.39 is 5.82 Å². The second kappa shape index (κ2) is 6.30. The van der Waals surface area contributed by atoms with E-state index in [9.17, 15) is 9.50 Å². The summed E-state index contributed by atoms with van der Waals surface area (Å²) in [6.07, 6.45) is 0. The molecule has 0 unspecified atom stereocenters. The van der Waals surface area contributed by atoms with E-state index in [1.165, 1.54) is 18.2 Å². The summed E-state index contributed by atoms with van der Waals surface area (Å²) in [6.45, 7) is 5.55. The number of rotatable bonds is 3. The van der Waals surface area contributed by atoms with E-state index >= 15 is 0 Å². The second-order valence-electron chi connectivity index (χ2n) is 4.10. The number of halogens is 1. The normalized spacial score (nSPS) is 11.5. The molecule has 0 amide bonds. The Morgan fingerprint density at radius 3 is 2.72 bits per heavy atom. The maximum Gasteiger partial charge on any atom is 0.187 e. The van der Waals surface area contributed by atoms with Crippen molar-refractivity contribution in [2.24, 2.45) is 5.10 Å². The first-order valence-electron chi connectivity index (χ1n) is 5.50. The molecular formula is C12H16FN3OS. The number of hydrogen-bond donors (Lipinski definition) is 3. The first-order chi connectivity index (χ1) is 8.40. The fraction of sp³-hybridized carbons (Fsp3) is 0.333. The van der Waals surface area contributed by atoms with Crippen molar-refractivity contribution >= 4 is 23.0 Å². The van der Waals surface area contributed by atoms with Crippen molar-refractivity contribution in [3.05, 3.63) is 29.6 Å². The van der Waals surface area contributed by atoms with Crippen molar-refractivity contribution in [3.63, 3.8) is 0 Å². The van der Waals surface area contributed by atoms with Gasteiger partial charge in [0.05, 0.1) is 5.71 Å². The molecule has 18 heavy (non-hydrogen) atoms. The largest absolute Gasteiger partial charge is 0.507 e. The number of benzene rings is 1. The van der Waals surface area contributed by atoms with Crippen molar-refractivity contribution < 1.29 is 9.50 Å². The van der Waals surface area contributed by atoms with Gasteiger partial charge in [0.2, 0.25) is 0 Å². The molecule has 1 aromatic rings. The van der Waals surface area contributed by atoms with Gasteiger partial charge in [0.25, 0.3) is 0 Å². The number of nitrogens with zero attached hydrogens (tertiary/aromatic N) is 1. The highest BCUT2D eigenvalue weighted by atomic mass is 32.1. The molecule has 0 bridgehead atoms. The predicted octanol–water partition coefficient (Wildman–Crippen LogP) is 2.13. The van der Waals surface area contributed by atoms with Crippen LogP contribution in [0.5, 0.6) is 5.75 Å². The van der Waals surface area contributed by atoms with Crippen LogP contribution in [0.25, 0.3) is 0 Å². The first-order valence-corrected chi connectivity index (χ1v) is 5.90. The molecule has 0 aliphatic carbocycles. The zero-order valence-electron chi connectivity index (χ0n) is 10.5. The van der Waals surface area contributed by atoms with Crippen LogP contribution >= 0.6 is 12.2 Å². The van der Waals surface area contributed by atoms with E-state index in [1.54, 1.807) is 6.92 Å². The lowest BCUT2D eigenvalue weighted by Crippen LogP contribution is -2.37. The van der Waals surface area contributed by atoms with Crippen LogP contribution in [0.3, 0.4) is 0 Å². The van der Waals surface area contributed by atoms with Crippen LogP contribution in [0.4, 0.5) is 4.39 Å². The molecule has 0 radical (unpaired) electrons. The van der Waals surface area contributed by atoms with Gasteiger partial charge >= 0.3 is 0 Å². The minimum absolute atomic E-state index is 0.0258. The van der Waals surface area contributed by atoms with E-state index in [-0.39, 0.29) is 11.8 Å². The van der Waals surface area contributed by atoms with Gasteiger partial charge in [-0.05, 0) is 51.2 Å². The maximum absolute atomic E-state index is 13.1. The van der Waals surface area contributed by atoms with E-state index in [2.05, 4.69) is 15.8 Å².